The van der Waals surface area contributed by atoms with Gasteiger partial charge in [-0.2, -0.15) is 13.2 Å². The molecule has 0 saturated carbocycles. The van der Waals surface area contributed by atoms with Gasteiger partial charge in [-0.05, 0) is 42.5 Å². The normalized spacial score (nSPS) is 11.7. The summed E-state index contributed by atoms with van der Waals surface area (Å²) in [5, 5.41) is 1.93. The standard InChI is InChI=1S/C20H16F3N3O3S2/c1-26(15-8-3-2-4-9-15)31(28,29)16-10-5-7-14(13-16)25-18(27)17-11-6-12-24-19(17)30-20(21,22)23/h2-13H,1H3,(H,25,27). The third-order valence-corrected chi connectivity index (χ3v) is 6.63. The summed E-state index contributed by atoms with van der Waals surface area (Å²) in [7, 11) is -2.54. The Labute approximate surface area is 181 Å². The number of carbonyl (C=O) groups is 1. The Morgan fingerprint density at radius 3 is 2.42 bits per heavy atom. The number of amides is 1. The number of anilines is 2. The van der Waals surface area contributed by atoms with Gasteiger partial charge >= 0.3 is 5.51 Å². The molecule has 0 aliphatic rings. The smallest absolute Gasteiger partial charge is 0.322 e. The predicted octanol–water partition coefficient (Wildman–Crippen LogP) is 4.77. The Bertz CT molecular complexity index is 1190. The maximum atomic E-state index is 12.9. The molecule has 31 heavy (non-hydrogen) atoms. The molecule has 0 aliphatic heterocycles. The van der Waals surface area contributed by atoms with Crippen molar-refractivity contribution in [1.29, 1.82) is 0 Å². The number of nitrogens with zero attached hydrogens (tertiary/aromatic N) is 2. The monoisotopic (exact) mass is 467 g/mol. The highest BCUT2D eigenvalue weighted by atomic mass is 32.2. The second kappa shape index (κ2) is 8.98. The van der Waals surface area contributed by atoms with E-state index in [1.54, 1.807) is 30.3 Å². The maximum absolute atomic E-state index is 12.9. The lowest BCUT2D eigenvalue weighted by Crippen LogP contribution is -2.26. The first-order chi connectivity index (χ1) is 14.6. The number of halogens is 3. The summed E-state index contributed by atoms with van der Waals surface area (Å²) >= 11 is -0.499. The van der Waals surface area contributed by atoms with Gasteiger partial charge in [0.25, 0.3) is 15.9 Å². The molecular weight excluding hydrogens is 451 g/mol. The van der Waals surface area contributed by atoms with Crippen LogP contribution >= 0.6 is 11.8 Å². The van der Waals surface area contributed by atoms with Crippen LogP contribution in [0.1, 0.15) is 10.4 Å². The molecule has 0 saturated heterocycles. The van der Waals surface area contributed by atoms with Crippen LogP contribution in [0.15, 0.2) is 82.8 Å². The fourth-order valence-electron chi connectivity index (χ4n) is 2.62. The van der Waals surface area contributed by atoms with E-state index in [0.717, 1.165) is 10.5 Å². The van der Waals surface area contributed by atoms with Gasteiger partial charge in [0.05, 0.1) is 16.1 Å². The van der Waals surface area contributed by atoms with Crippen LogP contribution in [-0.2, 0) is 10.0 Å². The highest BCUT2D eigenvalue weighted by Crippen LogP contribution is 2.37. The third-order valence-electron chi connectivity index (χ3n) is 4.10. The van der Waals surface area contributed by atoms with Crippen LogP contribution in [-0.4, -0.2) is 31.9 Å². The molecule has 0 radical (unpaired) electrons. The molecule has 1 amide bonds. The molecule has 0 fully saturated rings. The Morgan fingerprint density at radius 1 is 1.03 bits per heavy atom. The van der Waals surface area contributed by atoms with Crippen molar-refractivity contribution in [3.63, 3.8) is 0 Å². The molecule has 11 heteroatoms. The van der Waals surface area contributed by atoms with Crippen molar-refractivity contribution in [2.45, 2.75) is 15.4 Å². The van der Waals surface area contributed by atoms with Crippen LogP contribution in [0.25, 0.3) is 0 Å². The minimum absolute atomic E-state index is 0.0901. The van der Waals surface area contributed by atoms with Gasteiger partial charge in [0, 0.05) is 30.7 Å². The van der Waals surface area contributed by atoms with Gasteiger partial charge in [0.2, 0.25) is 0 Å². The zero-order chi connectivity index (χ0) is 22.6. The van der Waals surface area contributed by atoms with Crippen molar-refractivity contribution >= 4 is 39.1 Å². The number of hydrogen-bond donors (Lipinski definition) is 1. The first-order valence-electron chi connectivity index (χ1n) is 8.74. The Balaban J connectivity index is 1.86. The van der Waals surface area contributed by atoms with Crippen LogP contribution in [0, 0.1) is 0 Å². The topological polar surface area (TPSA) is 79.4 Å². The lowest BCUT2D eigenvalue weighted by Gasteiger charge is -2.20. The number of aromatic nitrogens is 1. The van der Waals surface area contributed by atoms with E-state index in [2.05, 4.69) is 10.3 Å². The van der Waals surface area contributed by atoms with Gasteiger partial charge in [-0.3, -0.25) is 9.10 Å². The summed E-state index contributed by atoms with van der Waals surface area (Å²) in [4.78, 5) is 16.1. The van der Waals surface area contributed by atoms with Crippen molar-refractivity contribution in [3.8, 4) is 0 Å². The Morgan fingerprint density at radius 2 is 1.74 bits per heavy atom. The van der Waals surface area contributed by atoms with E-state index in [9.17, 15) is 26.4 Å². The number of para-hydroxylation sites is 1. The number of nitrogens with one attached hydrogen (secondary N) is 1. The minimum atomic E-state index is -4.61. The fourth-order valence-corrected chi connectivity index (χ4v) is 4.47. The summed E-state index contributed by atoms with van der Waals surface area (Å²) in [5.74, 6) is -0.842. The molecule has 162 valence electrons. The lowest BCUT2D eigenvalue weighted by molar-refractivity contribution is -0.0329. The van der Waals surface area contributed by atoms with Gasteiger partial charge in [0.1, 0.15) is 5.03 Å². The average Bonchev–Trinajstić information content (AvgIpc) is 2.73. The molecular formula is C20H16F3N3O3S2. The van der Waals surface area contributed by atoms with Crippen molar-refractivity contribution in [2.75, 3.05) is 16.7 Å². The van der Waals surface area contributed by atoms with Crippen LogP contribution in [0.2, 0.25) is 0 Å². The number of sulfonamides is 1. The predicted molar refractivity (Wildman–Crippen MR) is 113 cm³/mol. The molecule has 3 rings (SSSR count). The quantitative estimate of drug-likeness (QED) is 0.529. The van der Waals surface area contributed by atoms with Gasteiger partial charge in [-0.15, -0.1) is 0 Å². The van der Waals surface area contributed by atoms with Gasteiger partial charge in [0.15, 0.2) is 0 Å². The van der Waals surface area contributed by atoms with Crippen LogP contribution < -0.4 is 9.62 Å². The van der Waals surface area contributed by atoms with E-state index in [0.29, 0.717) is 5.69 Å². The number of benzene rings is 2. The van der Waals surface area contributed by atoms with Gasteiger partial charge in [-0.25, -0.2) is 13.4 Å². The molecule has 0 aliphatic carbocycles. The summed E-state index contributed by atoms with van der Waals surface area (Å²) in [6, 6.07) is 16.4. The zero-order valence-electron chi connectivity index (χ0n) is 16.0. The summed E-state index contributed by atoms with van der Waals surface area (Å²) < 4.78 is 65.1. The molecule has 6 nitrogen and oxygen atoms in total. The highest BCUT2D eigenvalue weighted by molar-refractivity contribution is 8.00. The SMILES string of the molecule is CN(c1ccccc1)S(=O)(=O)c1cccc(NC(=O)c2cccnc2SC(F)(F)F)c1. The van der Waals surface area contributed by atoms with Crippen LogP contribution in [0.3, 0.4) is 0 Å². The molecule has 1 N–H and O–H groups in total. The van der Waals surface area contributed by atoms with Gasteiger partial charge < -0.3 is 5.32 Å². The molecule has 0 spiro atoms. The number of carbonyl (C=O) groups excluding carboxylic acids is 1. The number of alkyl halides is 3. The average molecular weight is 467 g/mol. The molecule has 0 atom stereocenters. The van der Waals surface area contributed by atoms with E-state index in [-0.39, 0.29) is 16.1 Å². The highest BCUT2D eigenvalue weighted by Gasteiger charge is 2.32. The molecule has 0 unspecified atom stereocenters. The number of rotatable bonds is 6. The summed E-state index contributed by atoms with van der Waals surface area (Å²) in [5.41, 5.74) is -4.33. The second-order valence-electron chi connectivity index (χ2n) is 6.19. The molecule has 1 heterocycles. The van der Waals surface area contributed by atoms with Crippen molar-refractivity contribution in [1.82, 2.24) is 4.98 Å². The van der Waals surface area contributed by atoms with E-state index in [4.69, 9.17) is 0 Å². The van der Waals surface area contributed by atoms with E-state index < -0.39 is 38.2 Å². The minimum Gasteiger partial charge on any atom is -0.322 e. The van der Waals surface area contributed by atoms with E-state index >= 15 is 0 Å². The Kier molecular flexibility index (Phi) is 6.56. The summed E-state index contributed by atoms with van der Waals surface area (Å²) in [6.45, 7) is 0. The largest absolute Gasteiger partial charge is 0.447 e. The molecule has 2 aromatic carbocycles. The second-order valence-corrected chi connectivity index (χ2v) is 9.22. The van der Waals surface area contributed by atoms with Crippen molar-refractivity contribution < 1.29 is 26.4 Å². The number of hydrogen-bond acceptors (Lipinski definition) is 5. The van der Waals surface area contributed by atoms with E-state index in [1.807, 2.05) is 0 Å². The lowest BCUT2D eigenvalue weighted by atomic mass is 10.2. The maximum Gasteiger partial charge on any atom is 0.447 e. The first-order valence-corrected chi connectivity index (χ1v) is 11.0. The van der Waals surface area contributed by atoms with Gasteiger partial charge in [-0.1, -0.05) is 24.3 Å². The molecule has 1 aromatic heterocycles. The van der Waals surface area contributed by atoms with Crippen LogP contribution in [0.5, 0.6) is 0 Å². The van der Waals surface area contributed by atoms with Crippen molar-refractivity contribution in [2.24, 2.45) is 0 Å². The third kappa shape index (κ3) is 5.56. The zero-order valence-corrected chi connectivity index (χ0v) is 17.6. The molecule has 3 aromatic rings. The Hall–Kier alpha value is -3.05. The summed E-state index contributed by atoms with van der Waals surface area (Å²) in [6.07, 6.45) is 1.15. The van der Waals surface area contributed by atoms with Crippen molar-refractivity contribution in [3.05, 3.63) is 78.5 Å². The van der Waals surface area contributed by atoms with Crippen LogP contribution in [0.4, 0.5) is 24.5 Å². The molecule has 0 bridgehead atoms. The first kappa shape index (κ1) is 22.6. The number of thioether (sulfide) groups is 1. The fraction of sp³-hybridized carbons (Fsp3) is 0.100. The van der Waals surface area contributed by atoms with E-state index in [1.165, 1.54) is 43.4 Å². The number of pyridine rings is 1.